The Kier molecular flexibility index (Phi) is 2.78. The fourth-order valence-corrected chi connectivity index (χ4v) is 2.57. The number of esters is 1. The molecule has 1 aliphatic heterocycles. The maximum Gasteiger partial charge on any atom is 0.323 e. The van der Waals surface area contributed by atoms with Crippen LogP contribution in [0.25, 0.3) is 0 Å². The van der Waals surface area contributed by atoms with Crippen molar-refractivity contribution in [2.45, 2.75) is 26.7 Å². The van der Waals surface area contributed by atoms with Crippen molar-refractivity contribution in [3.05, 3.63) is 58.1 Å². The number of hydrogen-bond acceptors (Lipinski definition) is 3. The van der Waals surface area contributed by atoms with Gasteiger partial charge in [-0.1, -0.05) is 18.2 Å². The lowest BCUT2D eigenvalue weighted by Crippen LogP contribution is -2.11. The molecule has 1 unspecified atom stereocenters. The zero-order chi connectivity index (χ0) is 14.4. The van der Waals surface area contributed by atoms with Crippen LogP contribution in [0.5, 0.6) is 11.5 Å². The number of phenolic OH excluding ortho intramolecular Hbond substituents is 1. The first-order valence-corrected chi connectivity index (χ1v) is 6.59. The summed E-state index contributed by atoms with van der Waals surface area (Å²) in [6.45, 7) is 5.89. The van der Waals surface area contributed by atoms with Crippen molar-refractivity contribution in [1.82, 2.24) is 0 Å². The highest BCUT2D eigenvalue weighted by Crippen LogP contribution is 2.42. The summed E-state index contributed by atoms with van der Waals surface area (Å²) >= 11 is 0. The van der Waals surface area contributed by atoms with Gasteiger partial charge in [-0.25, -0.2) is 0 Å². The van der Waals surface area contributed by atoms with Crippen LogP contribution in [-0.4, -0.2) is 11.1 Å². The average molecular weight is 268 g/mol. The molecule has 0 bridgehead atoms. The number of rotatable bonds is 1. The lowest BCUT2D eigenvalue weighted by Gasteiger charge is -2.11. The van der Waals surface area contributed by atoms with Gasteiger partial charge in [0.05, 0.1) is 0 Å². The van der Waals surface area contributed by atoms with E-state index in [1.165, 1.54) is 11.6 Å². The van der Waals surface area contributed by atoms with E-state index in [1.807, 2.05) is 45.0 Å². The van der Waals surface area contributed by atoms with Crippen LogP contribution >= 0.6 is 0 Å². The summed E-state index contributed by atoms with van der Waals surface area (Å²) in [4.78, 5) is 12.1. The summed E-state index contributed by atoms with van der Waals surface area (Å²) in [6.07, 6.45) is 0. The van der Waals surface area contributed by atoms with Gasteiger partial charge < -0.3 is 9.84 Å². The molecule has 3 nitrogen and oxygen atoms in total. The van der Waals surface area contributed by atoms with E-state index in [0.717, 1.165) is 22.3 Å². The molecule has 1 atom stereocenters. The Morgan fingerprint density at radius 2 is 1.75 bits per heavy atom. The van der Waals surface area contributed by atoms with Gasteiger partial charge in [-0.3, -0.25) is 4.79 Å². The van der Waals surface area contributed by atoms with Gasteiger partial charge in [0.1, 0.15) is 17.4 Å². The van der Waals surface area contributed by atoms with Crippen LogP contribution in [0.3, 0.4) is 0 Å². The van der Waals surface area contributed by atoms with Gasteiger partial charge in [0, 0.05) is 11.6 Å². The minimum absolute atomic E-state index is 0.150. The van der Waals surface area contributed by atoms with E-state index in [1.54, 1.807) is 0 Å². The molecule has 0 spiro atoms. The van der Waals surface area contributed by atoms with Gasteiger partial charge in [-0.2, -0.15) is 0 Å². The van der Waals surface area contributed by atoms with Crippen molar-refractivity contribution >= 4 is 5.97 Å². The molecule has 20 heavy (non-hydrogen) atoms. The van der Waals surface area contributed by atoms with Gasteiger partial charge in [0.2, 0.25) is 0 Å². The van der Waals surface area contributed by atoms with E-state index in [4.69, 9.17) is 4.74 Å². The third kappa shape index (κ3) is 1.86. The van der Waals surface area contributed by atoms with Gasteiger partial charge in [0.15, 0.2) is 0 Å². The van der Waals surface area contributed by atoms with Crippen molar-refractivity contribution in [3.63, 3.8) is 0 Å². The quantitative estimate of drug-likeness (QED) is 0.637. The SMILES string of the molecule is Cc1ccc(C2C(=O)Oc3cc(O)c(C)cc32)cc1C. The van der Waals surface area contributed by atoms with Gasteiger partial charge in [0.25, 0.3) is 0 Å². The second-order valence-corrected chi connectivity index (χ2v) is 5.37. The highest BCUT2D eigenvalue weighted by Gasteiger charge is 2.35. The van der Waals surface area contributed by atoms with Crippen molar-refractivity contribution in [3.8, 4) is 11.5 Å². The molecule has 3 rings (SSSR count). The monoisotopic (exact) mass is 268 g/mol. The second kappa shape index (κ2) is 4.37. The molecule has 1 aliphatic rings. The van der Waals surface area contributed by atoms with E-state index >= 15 is 0 Å². The minimum Gasteiger partial charge on any atom is -0.508 e. The van der Waals surface area contributed by atoms with Crippen molar-refractivity contribution < 1.29 is 14.6 Å². The van der Waals surface area contributed by atoms with Crippen LogP contribution in [-0.2, 0) is 4.79 Å². The standard InChI is InChI=1S/C17H16O3/c1-9-4-5-12(6-10(9)2)16-13-7-11(3)14(18)8-15(13)20-17(16)19/h4-8,16,18H,1-3H3. The molecule has 1 N–H and O–H groups in total. The lowest BCUT2D eigenvalue weighted by molar-refractivity contribution is -0.133. The van der Waals surface area contributed by atoms with E-state index in [0.29, 0.717) is 5.75 Å². The molecule has 102 valence electrons. The molecule has 2 aromatic rings. The average Bonchev–Trinajstić information content (AvgIpc) is 2.69. The summed E-state index contributed by atoms with van der Waals surface area (Å²) in [5, 5.41) is 9.72. The normalized spacial score (nSPS) is 16.9. The topological polar surface area (TPSA) is 46.5 Å². The van der Waals surface area contributed by atoms with E-state index in [-0.39, 0.29) is 11.7 Å². The van der Waals surface area contributed by atoms with Crippen LogP contribution in [0.2, 0.25) is 0 Å². The number of hydrogen-bond donors (Lipinski definition) is 1. The Morgan fingerprint density at radius 3 is 2.45 bits per heavy atom. The first-order valence-electron chi connectivity index (χ1n) is 6.59. The molecule has 0 saturated carbocycles. The van der Waals surface area contributed by atoms with Crippen molar-refractivity contribution in [1.29, 1.82) is 0 Å². The van der Waals surface area contributed by atoms with Crippen LogP contribution in [0, 0.1) is 20.8 Å². The lowest BCUT2D eigenvalue weighted by atomic mass is 9.90. The molecule has 2 aromatic carbocycles. The highest BCUT2D eigenvalue weighted by molar-refractivity contribution is 5.90. The minimum atomic E-state index is -0.399. The van der Waals surface area contributed by atoms with Crippen molar-refractivity contribution in [2.75, 3.05) is 0 Å². The fourth-order valence-electron chi connectivity index (χ4n) is 2.57. The molecular weight excluding hydrogens is 252 g/mol. The second-order valence-electron chi connectivity index (χ2n) is 5.37. The number of carbonyl (C=O) groups is 1. The predicted molar refractivity (Wildman–Crippen MR) is 76.2 cm³/mol. The van der Waals surface area contributed by atoms with Crippen LogP contribution in [0.4, 0.5) is 0 Å². The van der Waals surface area contributed by atoms with Gasteiger partial charge in [-0.15, -0.1) is 0 Å². The number of fused-ring (bicyclic) bond motifs is 1. The van der Waals surface area contributed by atoms with Crippen molar-refractivity contribution in [2.24, 2.45) is 0 Å². The third-order valence-corrected chi connectivity index (χ3v) is 3.95. The van der Waals surface area contributed by atoms with Crippen LogP contribution in [0.1, 0.15) is 33.7 Å². The Balaban J connectivity index is 2.14. The Morgan fingerprint density at radius 1 is 1.00 bits per heavy atom. The number of carbonyl (C=O) groups excluding carboxylic acids is 1. The first kappa shape index (κ1) is 12.7. The zero-order valence-corrected chi connectivity index (χ0v) is 11.7. The largest absolute Gasteiger partial charge is 0.508 e. The Bertz CT molecular complexity index is 716. The Hall–Kier alpha value is -2.29. The zero-order valence-electron chi connectivity index (χ0n) is 11.7. The maximum atomic E-state index is 12.1. The predicted octanol–water partition coefficient (Wildman–Crippen LogP) is 3.37. The molecule has 0 radical (unpaired) electrons. The Labute approximate surface area is 117 Å². The summed E-state index contributed by atoms with van der Waals surface area (Å²) in [6, 6.07) is 9.35. The summed E-state index contributed by atoms with van der Waals surface area (Å²) in [5.41, 5.74) is 4.85. The molecule has 1 heterocycles. The number of aromatic hydroxyl groups is 1. The summed E-state index contributed by atoms with van der Waals surface area (Å²) in [7, 11) is 0. The van der Waals surface area contributed by atoms with Gasteiger partial charge >= 0.3 is 5.97 Å². The number of benzene rings is 2. The summed E-state index contributed by atoms with van der Waals surface area (Å²) < 4.78 is 5.28. The number of aryl methyl sites for hydroxylation is 3. The van der Waals surface area contributed by atoms with E-state index in [2.05, 4.69) is 0 Å². The third-order valence-electron chi connectivity index (χ3n) is 3.95. The van der Waals surface area contributed by atoms with E-state index < -0.39 is 5.92 Å². The molecule has 0 saturated heterocycles. The molecule has 0 aromatic heterocycles. The summed E-state index contributed by atoms with van der Waals surface area (Å²) in [5.74, 6) is -0.0736. The molecule has 0 aliphatic carbocycles. The molecule has 0 amide bonds. The molecular formula is C17H16O3. The highest BCUT2D eigenvalue weighted by atomic mass is 16.5. The number of phenols is 1. The van der Waals surface area contributed by atoms with E-state index in [9.17, 15) is 9.90 Å². The fraction of sp³-hybridized carbons (Fsp3) is 0.235. The molecule has 3 heteroatoms. The smallest absolute Gasteiger partial charge is 0.323 e. The molecule has 0 fully saturated rings. The first-order chi connectivity index (χ1) is 9.47. The van der Waals surface area contributed by atoms with Crippen LogP contribution in [0.15, 0.2) is 30.3 Å². The number of ether oxygens (including phenoxy) is 1. The van der Waals surface area contributed by atoms with Crippen LogP contribution < -0.4 is 4.74 Å². The maximum absolute atomic E-state index is 12.1. The van der Waals surface area contributed by atoms with Gasteiger partial charge in [-0.05, 0) is 49.1 Å².